The number of nitrogens with two attached hydrogens (primary N) is 1. The maximum Gasteiger partial charge on any atom is 0.280 e. The van der Waals surface area contributed by atoms with Crippen molar-refractivity contribution in [3.05, 3.63) is 112 Å². The van der Waals surface area contributed by atoms with Gasteiger partial charge < -0.3 is 9.73 Å². The van der Waals surface area contributed by atoms with E-state index in [4.69, 9.17) is 21.2 Å². The number of benzene rings is 3. The number of primary sulfonamides is 1. The molecule has 0 radical (unpaired) electrons. The third-order valence-electron chi connectivity index (χ3n) is 6.25. The van der Waals surface area contributed by atoms with Gasteiger partial charge in [0.2, 0.25) is 10.0 Å². The first-order chi connectivity index (χ1) is 19.5. The molecule has 0 aliphatic carbocycles. The van der Waals surface area contributed by atoms with E-state index in [-0.39, 0.29) is 27.8 Å². The Morgan fingerprint density at radius 3 is 2.46 bits per heavy atom. The van der Waals surface area contributed by atoms with Crippen molar-refractivity contribution in [3.8, 4) is 11.3 Å². The number of carbonyl (C=O) groups is 2. The van der Waals surface area contributed by atoms with Crippen molar-refractivity contribution in [1.82, 2.24) is 5.32 Å². The van der Waals surface area contributed by atoms with E-state index in [1.165, 1.54) is 36.4 Å². The fraction of sp³-hybridized carbons (Fsp3) is 0.0690. The van der Waals surface area contributed by atoms with Crippen molar-refractivity contribution in [1.29, 1.82) is 0 Å². The van der Waals surface area contributed by atoms with E-state index in [1.54, 1.807) is 55.5 Å². The molecule has 0 atom stereocenters. The lowest BCUT2D eigenvalue weighted by Crippen LogP contribution is -2.23. The van der Waals surface area contributed by atoms with Gasteiger partial charge in [-0.3, -0.25) is 9.59 Å². The lowest BCUT2D eigenvalue weighted by Gasteiger charge is -2.12. The summed E-state index contributed by atoms with van der Waals surface area (Å²) in [7, 11) is -3.87. The molecule has 0 saturated carbocycles. The Labute approximate surface area is 239 Å². The van der Waals surface area contributed by atoms with Crippen molar-refractivity contribution in [2.45, 2.75) is 18.4 Å². The number of hydrogen-bond acceptors (Lipinski definition) is 6. The van der Waals surface area contributed by atoms with Crippen molar-refractivity contribution >= 4 is 50.9 Å². The predicted octanol–water partition coefficient (Wildman–Crippen LogP) is 5.12. The van der Waals surface area contributed by atoms with Crippen LogP contribution in [0.4, 0.5) is 10.1 Å². The Morgan fingerprint density at radius 1 is 1.07 bits per heavy atom. The van der Waals surface area contributed by atoms with Crippen molar-refractivity contribution in [2.24, 2.45) is 10.2 Å². The molecule has 4 aromatic rings. The average molecular weight is 593 g/mol. The molecule has 2 amide bonds. The van der Waals surface area contributed by atoms with E-state index in [0.717, 1.165) is 10.6 Å². The molecule has 1 aliphatic rings. The zero-order valence-electron chi connectivity index (χ0n) is 21.5. The second-order valence-electron chi connectivity index (χ2n) is 9.11. The minimum atomic E-state index is -3.87. The maximum absolute atomic E-state index is 13.1. The summed E-state index contributed by atoms with van der Waals surface area (Å²) in [4.78, 5) is 25.8. The van der Waals surface area contributed by atoms with Gasteiger partial charge in [-0.2, -0.15) is 10.1 Å². The van der Waals surface area contributed by atoms with Gasteiger partial charge in [0.15, 0.2) is 0 Å². The van der Waals surface area contributed by atoms with Crippen molar-refractivity contribution in [2.75, 3.05) is 5.01 Å². The summed E-state index contributed by atoms with van der Waals surface area (Å²) in [5.74, 6) is -0.372. The molecular weight excluding hydrogens is 571 g/mol. The van der Waals surface area contributed by atoms with E-state index in [1.807, 2.05) is 0 Å². The molecule has 41 heavy (non-hydrogen) atoms. The molecule has 5 rings (SSSR count). The number of nitrogens with zero attached hydrogens (tertiary/aromatic N) is 2. The van der Waals surface area contributed by atoms with Gasteiger partial charge >= 0.3 is 0 Å². The normalized spacial score (nSPS) is 14.4. The standard InChI is InChI=1S/C29H22ClFN4O5S/c1-17-24(29(37)35(34-17)21-7-10-23(11-8-21)41(32,38)39)15-22-9-13-27(40-22)19-4-12-26(30)25(14-19)28(36)33-16-18-2-5-20(31)6-3-18/h2-15H,16H2,1H3,(H,33,36)(H2,32,38,39)/b24-15-. The number of amides is 2. The minimum absolute atomic E-state index is 0.0804. The van der Waals surface area contributed by atoms with Gasteiger partial charge in [0.25, 0.3) is 11.8 Å². The van der Waals surface area contributed by atoms with Crippen LogP contribution in [-0.2, 0) is 21.4 Å². The molecule has 0 unspecified atom stereocenters. The predicted molar refractivity (Wildman–Crippen MR) is 153 cm³/mol. The number of furan rings is 1. The van der Waals surface area contributed by atoms with Crippen LogP contribution in [0.2, 0.25) is 5.02 Å². The summed E-state index contributed by atoms with van der Waals surface area (Å²) in [5, 5.41) is 13.6. The molecule has 12 heteroatoms. The van der Waals surface area contributed by atoms with Gasteiger partial charge in [-0.05, 0) is 85.3 Å². The largest absolute Gasteiger partial charge is 0.457 e. The SMILES string of the molecule is CC1=NN(c2ccc(S(N)(=O)=O)cc2)C(=O)/C1=C\c1ccc(-c2ccc(Cl)c(C(=O)NCc3ccc(F)cc3)c2)o1. The molecule has 1 aromatic heterocycles. The fourth-order valence-corrected chi connectivity index (χ4v) is 4.82. The Bertz CT molecular complexity index is 1830. The lowest BCUT2D eigenvalue weighted by molar-refractivity contribution is -0.114. The number of anilines is 1. The van der Waals surface area contributed by atoms with Gasteiger partial charge in [0.05, 0.1) is 32.5 Å². The summed E-state index contributed by atoms with van der Waals surface area (Å²) in [6, 6.07) is 19.5. The average Bonchev–Trinajstić information content (AvgIpc) is 3.53. The zero-order valence-corrected chi connectivity index (χ0v) is 23.0. The molecule has 0 fully saturated rings. The monoisotopic (exact) mass is 592 g/mol. The van der Waals surface area contributed by atoms with Crippen LogP contribution in [0.1, 0.15) is 28.6 Å². The number of nitrogens with one attached hydrogen (secondary N) is 1. The first kappa shape index (κ1) is 28.0. The third kappa shape index (κ3) is 6.12. The van der Waals surface area contributed by atoms with Crippen LogP contribution >= 0.6 is 11.6 Å². The van der Waals surface area contributed by atoms with E-state index < -0.39 is 21.8 Å². The second kappa shape index (κ2) is 11.1. The molecular formula is C29H22ClFN4O5S. The molecule has 3 aromatic carbocycles. The molecule has 0 spiro atoms. The Kier molecular flexibility index (Phi) is 7.59. The van der Waals surface area contributed by atoms with Crippen molar-refractivity contribution < 1.29 is 26.8 Å². The number of hydrogen-bond donors (Lipinski definition) is 2. The van der Waals surface area contributed by atoms with Gasteiger partial charge in [0, 0.05) is 12.1 Å². The van der Waals surface area contributed by atoms with Gasteiger partial charge in [0.1, 0.15) is 17.3 Å². The number of carbonyl (C=O) groups excluding carboxylic acids is 2. The van der Waals surface area contributed by atoms with E-state index in [0.29, 0.717) is 34.1 Å². The Hall–Kier alpha value is -4.58. The minimum Gasteiger partial charge on any atom is -0.457 e. The smallest absolute Gasteiger partial charge is 0.280 e. The van der Waals surface area contributed by atoms with E-state index in [9.17, 15) is 22.4 Å². The highest BCUT2D eigenvalue weighted by Gasteiger charge is 2.29. The summed E-state index contributed by atoms with van der Waals surface area (Å²) >= 11 is 6.28. The van der Waals surface area contributed by atoms with E-state index in [2.05, 4.69) is 10.4 Å². The van der Waals surface area contributed by atoms with E-state index >= 15 is 0 Å². The van der Waals surface area contributed by atoms with Crippen LogP contribution in [0, 0.1) is 5.82 Å². The third-order valence-corrected chi connectivity index (χ3v) is 7.51. The fourth-order valence-electron chi connectivity index (χ4n) is 4.10. The zero-order chi connectivity index (χ0) is 29.3. The molecule has 1 aliphatic heterocycles. The highest BCUT2D eigenvalue weighted by molar-refractivity contribution is 7.89. The van der Waals surface area contributed by atoms with Crippen LogP contribution in [0.5, 0.6) is 0 Å². The summed E-state index contributed by atoms with van der Waals surface area (Å²) in [5.41, 5.74) is 2.66. The lowest BCUT2D eigenvalue weighted by atomic mass is 10.1. The van der Waals surface area contributed by atoms with Gasteiger partial charge in [-0.25, -0.2) is 17.9 Å². The van der Waals surface area contributed by atoms with Crippen LogP contribution in [0.15, 0.2) is 98.8 Å². The number of sulfonamides is 1. The highest BCUT2D eigenvalue weighted by atomic mass is 35.5. The molecule has 3 N–H and O–H groups in total. The Balaban J connectivity index is 1.32. The molecule has 9 nitrogen and oxygen atoms in total. The van der Waals surface area contributed by atoms with Crippen LogP contribution in [0.25, 0.3) is 17.4 Å². The van der Waals surface area contributed by atoms with Crippen molar-refractivity contribution in [3.63, 3.8) is 0 Å². The first-order valence-electron chi connectivity index (χ1n) is 12.2. The molecule has 2 heterocycles. The second-order valence-corrected chi connectivity index (χ2v) is 11.1. The van der Waals surface area contributed by atoms with Crippen LogP contribution in [-0.4, -0.2) is 25.9 Å². The summed E-state index contributed by atoms with van der Waals surface area (Å²) in [6.45, 7) is 1.86. The maximum atomic E-state index is 13.1. The topological polar surface area (TPSA) is 135 Å². The summed E-state index contributed by atoms with van der Waals surface area (Å²) in [6.07, 6.45) is 1.55. The number of hydrazone groups is 1. The molecule has 0 bridgehead atoms. The molecule has 208 valence electrons. The first-order valence-corrected chi connectivity index (χ1v) is 14.1. The van der Waals surface area contributed by atoms with Crippen LogP contribution in [0.3, 0.4) is 0 Å². The quantitative estimate of drug-likeness (QED) is 0.287. The number of halogens is 2. The molecule has 0 saturated heterocycles. The summed E-state index contributed by atoms with van der Waals surface area (Å²) < 4.78 is 42.1. The van der Waals surface area contributed by atoms with Crippen LogP contribution < -0.4 is 15.5 Å². The van der Waals surface area contributed by atoms with Gasteiger partial charge in [-0.15, -0.1) is 0 Å². The van der Waals surface area contributed by atoms with Gasteiger partial charge in [-0.1, -0.05) is 23.7 Å². The Morgan fingerprint density at radius 2 is 1.78 bits per heavy atom. The number of rotatable bonds is 7. The highest BCUT2D eigenvalue weighted by Crippen LogP contribution is 2.30.